The molecular weight excluding hydrogens is 425 g/mol. The number of nitrogens with one attached hydrogen (secondary N) is 2. The van der Waals surface area contributed by atoms with E-state index in [0.717, 1.165) is 11.6 Å². The Morgan fingerprint density at radius 1 is 1.03 bits per heavy atom. The number of hydrogen-bond acceptors (Lipinski definition) is 5. The number of ether oxygens (including phenoxy) is 2. The number of benzene rings is 2. The summed E-state index contributed by atoms with van der Waals surface area (Å²) < 4.78 is 55.8. The summed E-state index contributed by atoms with van der Waals surface area (Å²) >= 11 is 0. The number of nitrogen functional groups attached to an aromatic ring is 1. The van der Waals surface area contributed by atoms with Gasteiger partial charge < -0.3 is 25.8 Å². The van der Waals surface area contributed by atoms with Crippen LogP contribution in [0.2, 0.25) is 0 Å². The Bertz CT molecular complexity index is 1240. The Labute approximate surface area is 181 Å². The van der Waals surface area contributed by atoms with Crippen molar-refractivity contribution in [1.29, 1.82) is 0 Å². The van der Waals surface area contributed by atoms with Gasteiger partial charge in [0.25, 0.3) is 0 Å². The molecule has 4 rings (SSSR count). The van der Waals surface area contributed by atoms with Gasteiger partial charge in [-0.05, 0) is 24.6 Å². The second-order valence-corrected chi connectivity index (χ2v) is 7.12. The highest BCUT2D eigenvalue weighted by Crippen LogP contribution is 2.43. The fourth-order valence-corrected chi connectivity index (χ4v) is 3.71. The van der Waals surface area contributed by atoms with E-state index in [1.807, 2.05) is 0 Å². The summed E-state index contributed by atoms with van der Waals surface area (Å²) in [6.45, 7) is 1.93. The minimum atomic E-state index is -1.12. The lowest BCUT2D eigenvalue weighted by molar-refractivity contribution is 0.251. The fraction of sp³-hybridized carbons (Fsp3) is 0.182. The summed E-state index contributed by atoms with van der Waals surface area (Å²) in [5, 5.41) is 5.29. The van der Waals surface area contributed by atoms with Gasteiger partial charge >= 0.3 is 6.03 Å². The third-order valence-electron chi connectivity index (χ3n) is 5.33. The van der Waals surface area contributed by atoms with Crippen molar-refractivity contribution in [3.05, 3.63) is 53.0 Å². The lowest BCUT2D eigenvalue weighted by atomic mass is 9.94. The number of hydrogen-bond donors (Lipinski definition) is 3. The van der Waals surface area contributed by atoms with Gasteiger partial charge in [-0.15, -0.1) is 0 Å². The molecule has 10 heteroatoms. The Morgan fingerprint density at radius 2 is 1.69 bits per heavy atom. The minimum Gasteiger partial charge on any atom is -0.494 e. The average molecular weight is 444 g/mol. The minimum absolute atomic E-state index is 0.0390. The molecule has 0 aliphatic carbocycles. The zero-order valence-corrected chi connectivity index (χ0v) is 17.4. The third kappa shape index (κ3) is 3.24. The van der Waals surface area contributed by atoms with E-state index in [1.54, 1.807) is 6.92 Å². The number of nitrogens with two attached hydrogens (primary N) is 1. The number of aromatic nitrogens is 1. The molecule has 2 heterocycles. The van der Waals surface area contributed by atoms with Gasteiger partial charge in [0.2, 0.25) is 0 Å². The number of amides is 2. The smallest absolute Gasteiger partial charge is 0.319 e. The molecule has 0 fully saturated rings. The van der Waals surface area contributed by atoms with Crippen molar-refractivity contribution in [3.63, 3.8) is 0 Å². The van der Waals surface area contributed by atoms with Gasteiger partial charge in [-0.3, -0.25) is 4.98 Å². The largest absolute Gasteiger partial charge is 0.494 e. The van der Waals surface area contributed by atoms with Crippen LogP contribution >= 0.6 is 0 Å². The number of methoxy groups -OCH3 is 2. The van der Waals surface area contributed by atoms with Gasteiger partial charge in [0.15, 0.2) is 23.1 Å². The molecular formula is C22H19F3N4O3. The third-order valence-corrected chi connectivity index (χ3v) is 5.33. The van der Waals surface area contributed by atoms with Crippen molar-refractivity contribution < 1.29 is 27.4 Å². The Hall–Kier alpha value is -3.95. The van der Waals surface area contributed by atoms with Crippen LogP contribution < -0.4 is 25.8 Å². The molecule has 0 spiro atoms. The van der Waals surface area contributed by atoms with Crippen molar-refractivity contribution in [2.24, 2.45) is 0 Å². The molecule has 0 saturated heterocycles. The second-order valence-electron chi connectivity index (χ2n) is 7.12. The van der Waals surface area contributed by atoms with E-state index >= 15 is 13.2 Å². The summed E-state index contributed by atoms with van der Waals surface area (Å²) in [4.78, 5) is 16.0. The normalized spacial score (nSPS) is 12.6. The first-order valence-corrected chi connectivity index (χ1v) is 9.50. The summed E-state index contributed by atoms with van der Waals surface area (Å²) in [5.41, 5.74) is 6.43. The summed E-state index contributed by atoms with van der Waals surface area (Å²) in [5.74, 6) is -3.89. The Kier molecular flexibility index (Phi) is 5.29. The van der Waals surface area contributed by atoms with Gasteiger partial charge in [0, 0.05) is 41.2 Å². The zero-order valence-electron chi connectivity index (χ0n) is 17.4. The number of nitrogens with zero attached hydrogens (tertiary/aromatic N) is 1. The van der Waals surface area contributed by atoms with Crippen molar-refractivity contribution in [2.45, 2.75) is 13.5 Å². The predicted molar refractivity (Wildman–Crippen MR) is 113 cm³/mol. The van der Waals surface area contributed by atoms with Gasteiger partial charge in [-0.2, -0.15) is 0 Å². The molecule has 1 aliphatic rings. The van der Waals surface area contributed by atoms with Crippen LogP contribution in [0, 0.1) is 24.4 Å². The predicted octanol–water partition coefficient (Wildman–Crippen LogP) is 4.38. The quantitative estimate of drug-likeness (QED) is 0.519. The second kappa shape index (κ2) is 7.95. The highest BCUT2D eigenvalue weighted by molar-refractivity contribution is 5.95. The number of pyridine rings is 1. The summed E-state index contributed by atoms with van der Waals surface area (Å²) in [6.07, 6.45) is 1.50. The molecule has 1 aromatic heterocycles. The molecule has 7 nitrogen and oxygen atoms in total. The zero-order chi connectivity index (χ0) is 23.2. The maximum atomic E-state index is 15.8. The summed E-state index contributed by atoms with van der Waals surface area (Å²) in [7, 11) is 2.39. The standard InChI is InChI=1S/C22H19F3N4O3/c1-9-20-10(8-28-22(30)29-20)7-27-21(9)11-4-5-12(26)15(17(11)23)16-18(24)13(31-2)6-14(32-3)19(16)25/h4-7H,8,26H2,1-3H3,(H2,28,29,30). The molecule has 2 aromatic carbocycles. The first-order valence-electron chi connectivity index (χ1n) is 9.50. The molecule has 166 valence electrons. The van der Waals surface area contributed by atoms with Crippen LogP contribution in [0.4, 0.5) is 29.3 Å². The lowest BCUT2D eigenvalue weighted by Gasteiger charge is -2.22. The van der Waals surface area contributed by atoms with E-state index in [2.05, 4.69) is 15.6 Å². The van der Waals surface area contributed by atoms with Crippen molar-refractivity contribution in [1.82, 2.24) is 10.3 Å². The monoisotopic (exact) mass is 444 g/mol. The highest BCUT2D eigenvalue weighted by atomic mass is 19.1. The number of anilines is 2. The van der Waals surface area contributed by atoms with Crippen LogP contribution in [0.5, 0.6) is 11.5 Å². The van der Waals surface area contributed by atoms with E-state index in [-0.39, 0.29) is 35.0 Å². The molecule has 4 N–H and O–H groups in total. The molecule has 3 aromatic rings. The number of carbonyl (C=O) groups excluding carboxylic acids is 1. The number of fused-ring (bicyclic) bond motifs is 1. The molecule has 0 atom stereocenters. The van der Waals surface area contributed by atoms with Gasteiger partial charge in [0.05, 0.1) is 31.2 Å². The Balaban J connectivity index is 1.98. The van der Waals surface area contributed by atoms with Crippen LogP contribution in [0.1, 0.15) is 11.1 Å². The van der Waals surface area contributed by atoms with Gasteiger partial charge in [-0.1, -0.05) is 0 Å². The molecule has 0 bridgehead atoms. The number of carbonyl (C=O) groups is 1. The SMILES string of the molecule is COc1cc(OC)c(F)c(-c2c(N)ccc(-c3ncc4c(c3C)NC(=O)NC4)c2F)c1F. The molecule has 2 amide bonds. The molecule has 1 aliphatic heterocycles. The molecule has 0 saturated carbocycles. The first-order chi connectivity index (χ1) is 15.3. The summed E-state index contributed by atoms with van der Waals surface area (Å²) in [6, 6.07) is 3.33. The molecule has 0 unspecified atom stereocenters. The van der Waals surface area contributed by atoms with Crippen LogP contribution in [-0.4, -0.2) is 25.2 Å². The topological polar surface area (TPSA) is 98.5 Å². The van der Waals surface area contributed by atoms with Crippen LogP contribution in [0.25, 0.3) is 22.4 Å². The van der Waals surface area contributed by atoms with Crippen LogP contribution in [-0.2, 0) is 6.54 Å². The van der Waals surface area contributed by atoms with Crippen molar-refractivity contribution in [2.75, 3.05) is 25.3 Å². The molecule has 32 heavy (non-hydrogen) atoms. The van der Waals surface area contributed by atoms with Crippen LogP contribution in [0.3, 0.4) is 0 Å². The fourth-order valence-electron chi connectivity index (χ4n) is 3.71. The van der Waals surface area contributed by atoms with E-state index in [0.29, 0.717) is 11.3 Å². The number of halogens is 3. The van der Waals surface area contributed by atoms with Gasteiger partial charge in [-0.25, -0.2) is 18.0 Å². The van der Waals surface area contributed by atoms with Crippen LogP contribution in [0.15, 0.2) is 24.4 Å². The van der Waals surface area contributed by atoms with E-state index < -0.39 is 34.6 Å². The highest BCUT2D eigenvalue weighted by Gasteiger charge is 2.28. The average Bonchev–Trinajstić information content (AvgIpc) is 2.77. The van der Waals surface area contributed by atoms with Crippen molar-refractivity contribution >= 4 is 17.4 Å². The van der Waals surface area contributed by atoms with Crippen molar-refractivity contribution in [3.8, 4) is 33.9 Å². The first kappa shape index (κ1) is 21.3. The van der Waals surface area contributed by atoms with E-state index in [9.17, 15) is 4.79 Å². The maximum absolute atomic E-state index is 15.8. The number of rotatable bonds is 4. The maximum Gasteiger partial charge on any atom is 0.319 e. The lowest BCUT2D eigenvalue weighted by Crippen LogP contribution is -2.34. The number of urea groups is 1. The van der Waals surface area contributed by atoms with Gasteiger partial charge in [0.1, 0.15) is 5.82 Å². The van der Waals surface area contributed by atoms with E-state index in [4.69, 9.17) is 15.2 Å². The molecule has 0 radical (unpaired) electrons. The van der Waals surface area contributed by atoms with E-state index in [1.165, 1.54) is 32.5 Å². The Morgan fingerprint density at radius 3 is 2.31 bits per heavy atom.